The number of hydrogen-bond donors (Lipinski definition) is 2. The molecule has 3 nitrogen and oxygen atoms in total. The van der Waals surface area contributed by atoms with Crippen LogP contribution in [-0.4, -0.2) is 19.5 Å². The summed E-state index contributed by atoms with van der Waals surface area (Å²) in [6.45, 7) is 0.697. The summed E-state index contributed by atoms with van der Waals surface area (Å²) >= 11 is 0. The molecule has 2 N–H and O–H groups in total. The van der Waals surface area contributed by atoms with Gasteiger partial charge in [-0.25, -0.2) is 0 Å². The number of hydrogen-bond acceptors (Lipinski definition) is 2. The SMILES string of the molecule is CNCCC(=O)Nc1ccc2c(c1)Cc1ccccc1-2. The van der Waals surface area contributed by atoms with Gasteiger partial charge in [-0.1, -0.05) is 30.3 Å². The molecule has 0 unspecified atom stereocenters. The van der Waals surface area contributed by atoms with Crippen molar-refractivity contribution in [2.75, 3.05) is 18.9 Å². The van der Waals surface area contributed by atoms with Crippen LogP contribution in [0.2, 0.25) is 0 Å². The number of anilines is 1. The van der Waals surface area contributed by atoms with E-state index in [1.807, 2.05) is 13.1 Å². The average molecular weight is 266 g/mol. The molecule has 1 aliphatic carbocycles. The van der Waals surface area contributed by atoms with Gasteiger partial charge in [0, 0.05) is 18.7 Å². The summed E-state index contributed by atoms with van der Waals surface area (Å²) in [6, 6.07) is 14.7. The minimum atomic E-state index is 0.0508. The van der Waals surface area contributed by atoms with Crippen molar-refractivity contribution < 1.29 is 4.79 Å². The minimum absolute atomic E-state index is 0.0508. The maximum atomic E-state index is 11.7. The van der Waals surface area contributed by atoms with Crippen molar-refractivity contribution in [2.24, 2.45) is 0 Å². The number of rotatable bonds is 4. The van der Waals surface area contributed by atoms with Crippen LogP contribution in [0.15, 0.2) is 42.5 Å². The van der Waals surface area contributed by atoms with Crippen LogP contribution in [0.4, 0.5) is 5.69 Å². The first kappa shape index (κ1) is 12.9. The van der Waals surface area contributed by atoms with Gasteiger partial charge in [-0.2, -0.15) is 0 Å². The van der Waals surface area contributed by atoms with E-state index in [0.29, 0.717) is 13.0 Å². The van der Waals surface area contributed by atoms with Gasteiger partial charge < -0.3 is 10.6 Å². The maximum Gasteiger partial charge on any atom is 0.225 e. The summed E-state index contributed by atoms with van der Waals surface area (Å²) in [7, 11) is 1.85. The predicted octanol–water partition coefficient (Wildman–Crippen LogP) is 2.81. The Bertz CT molecular complexity index is 649. The Balaban J connectivity index is 1.79. The number of benzene rings is 2. The molecule has 0 aromatic heterocycles. The second kappa shape index (κ2) is 5.47. The Labute approximate surface area is 119 Å². The molecule has 3 heteroatoms. The normalized spacial score (nSPS) is 11.8. The number of fused-ring (bicyclic) bond motifs is 3. The van der Waals surface area contributed by atoms with E-state index in [2.05, 4.69) is 47.0 Å². The minimum Gasteiger partial charge on any atom is -0.326 e. The lowest BCUT2D eigenvalue weighted by atomic mass is 10.1. The van der Waals surface area contributed by atoms with Crippen molar-refractivity contribution in [3.05, 3.63) is 53.6 Å². The van der Waals surface area contributed by atoms with E-state index < -0.39 is 0 Å². The van der Waals surface area contributed by atoms with E-state index in [9.17, 15) is 4.79 Å². The van der Waals surface area contributed by atoms with Crippen molar-refractivity contribution in [1.82, 2.24) is 5.32 Å². The lowest BCUT2D eigenvalue weighted by molar-refractivity contribution is -0.116. The Morgan fingerprint density at radius 3 is 2.75 bits per heavy atom. The molecule has 20 heavy (non-hydrogen) atoms. The molecule has 0 radical (unpaired) electrons. The van der Waals surface area contributed by atoms with Gasteiger partial charge in [0.25, 0.3) is 0 Å². The van der Waals surface area contributed by atoms with E-state index in [1.54, 1.807) is 0 Å². The van der Waals surface area contributed by atoms with Gasteiger partial charge in [0.05, 0.1) is 0 Å². The first-order valence-corrected chi connectivity index (χ1v) is 6.93. The van der Waals surface area contributed by atoms with E-state index in [-0.39, 0.29) is 5.91 Å². The van der Waals surface area contributed by atoms with Crippen molar-refractivity contribution >= 4 is 11.6 Å². The molecule has 102 valence electrons. The van der Waals surface area contributed by atoms with Gasteiger partial charge in [0.15, 0.2) is 0 Å². The van der Waals surface area contributed by atoms with Crippen molar-refractivity contribution in [3.8, 4) is 11.1 Å². The first-order chi connectivity index (χ1) is 9.78. The molecule has 0 atom stereocenters. The number of carbonyl (C=O) groups is 1. The van der Waals surface area contributed by atoms with Crippen LogP contribution in [0.5, 0.6) is 0 Å². The highest BCUT2D eigenvalue weighted by Gasteiger charge is 2.18. The van der Waals surface area contributed by atoms with Crippen LogP contribution in [0, 0.1) is 0 Å². The fraction of sp³-hybridized carbons (Fsp3) is 0.235. The topological polar surface area (TPSA) is 41.1 Å². The van der Waals surface area contributed by atoms with Crippen LogP contribution < -0.4 is 10.6 Å². The lowest BCUT2D eigenvalue weighted by Crippen LogP contribution is -2.18. The zero-order valence-corrected chi connectivity index (χ0v) is 11.6. The maximum absolute atomic E-state index is 11.7. The lowest BCUT2D eigenvalue weighted by Gasteiger charge is -2.07. The van der Waals surface area contributed by atoms with Crippen molar-refractivity contribution in [1.29, 1.82) is 0 Å². The van der Waals surface area contributed by atoms with Crippen LogP contribution >= 0.6 is 0 Å². The molecule has 0 spiro atoms. The third-order valence-electron chi connectivity index (χ3n) is 3.68. The monoisotopic (exact) mass is 266 g/mol. The van der Waals surface area contributed by atoms with Gasteiger partial charge in [-0.15, -0.1) is 0 Å². The third kappa shape index (κ3) is 2.45. The smallest absolute Gasteiger partial charge is 0.225 e. The molecule has 0 bridgehead atoms. The highest BCUT2D eigenvalue weighted by atomic mass is 16.1. The molecule has 2 aromatic rings. The van der Waals surface area contributed by atoms with E-state index >= 15 is 0 Å². The summed E-state index contributed by atoms with van der Waals surface area (Å²) in [4.78, 5) is 11.7. The van der Waals surface area contributed by atoms with Gasteiger partial charge in [0.1, 0.15) is 0 Å². The highest BCUT2D eigenvalue weighted by molar-refractivity contribution is 5.92. The fourth-order valence-corrected chi connectivity index (χ4v) is 2.68. The Morgan fingerprint density at radius 2 is 1.90 bits per heavy atom. The summed E-state index contributed by atoms with van der Waals surface area (Å²) in [5.41, 5.74) is 6.14. The molecular weight excluding hydrogens is 248 g/mol. The third-order valence-corrected chi connectivity index (χ3v) is 3.68. The Hall–Kier alpha value is -2.13. The molecule has 0 aliphatic heterocycles. The van der Waals surface area contributed by atoms with Gasteiger partial charge >= 0.3 is 0 Å². The molecular formula is C17H18N2O. The second-order valence-corrected chi connectivity index (χ2v) is 5.11. The average Bonchev–Trinajstić information content (AvgIpc) is 2.82. The standard InChI is InChI=1S/C17H18N2O/c1-18-9-8-17(20)19-14-6-7-16-13(11-14)10-12-4-2-3-5-15(12)16/h2-7,11,18H,8-10H2,1H3,(H,19,20). The molecule has 1 aliphatic rings. The molecule has 1 amide bonds. The van der Waals surface area contributed by atoms with E-state index in [4.69, 9.17) is 0 Å². The number of amides is 1. The summed E-state index contributed by atoms with van der Waals surface area (Å²) in [6.07, 6.45) is 1.44. The van der Waals surface area contributed by atoms with Gasteiger partial charge in [-0.3, -0.25) is 4.79 Å². The van der Waals surface area contributed by atoms with Gasteiger partial charge in [-0.05, 0) is 47.9 Å². The fourth-order valence-electron chi connectivity index (χ4n) is 2.68. The van der Waals surface area contributed by atoms with E-state index in [1.165, 1.54) is 22.3 Å². The van der Waals surface area contributed by atoms with Crippen molar-refractivity contribution in [3.63, 3.8) is 0 Å². The highest BCUT2D eigenvalue weighted by Crippen LogP contribution is 2.37. The number of nitrogens with one attached hydrogen (secondary N) is 2. The largest absolute Gasteiger partial charge is 0.326 e. The molecule has 2 aromatic carbocycles. The molecule has 3 rings (SSSR count). The van der Waals surface area contributed by atoms with Crippen LogP contribution in [0.25, 0.3) is 11.1 Å². The molecule has 0 heterocycles. The summed E-state index contributed by atoms with van der Waals surface area (Å²) < 4.78 is 0. The van der Waals surface area contributed by atoms with Crippen LogP contribution in [-0.2, 0) is 11.2 Å². The van der Waals surface area contributed by atoms with Gasteiger partial charge in [0.2, 0.25) is 5.91 Å². The Morgan fingerprint density at radius 1 is 1.10 bits per heavy atom. The van der Waals surface area contributed by atoms with Crippen LogP contribution in [0.3, 0.4) is 0 Å². The quantitative estimate of drug-likeness (QED) is 0.762. The van der Waals surface area contributed by atoms with E-state index in [0.717, 1.165) is 12.1 Å². The second-order valence-electron chi connectivity index (χ2n) is 5.11. The zero-order chi connectivity index (χ0) is 13.9. The predicted molar refractivity (Wildman–Crippen MR) is 81.9 cm³/mol. The molecule has 0 fully saturated rings. The summed E-state index contributed by atoms with van der Waals surface area (Å²) in [5, 5.41) is 5.93. The van der Waals surface area contributed by atoms with Crippen molar-refractivity contribution in [2.45, 2.75) is 12.8 Å². The first-order valence-electron chi connectivity index (χ1n) is 6.93. The molecule has 0 saturated carbocycles. The zero-order valence-electron chi connectivity index (χ0n) is 11.6. The summed E-state index contributed by atoms with van der Waals surface area (Å²) in [5.74, 6) is 0.0508. The number of carbonyl (C=O) groups excluding carboxylic acids is 1. The van der Waals surface area contributed by atoms with Crippen LogP contribution in [0.1, 0.15) is 17.5 Å². The Kier molecular flexibility index (Phi) is 3.52. The molecule has 0 saturated heterocycles.